The van der Waals surface area contributed by atoms with E-state index in [4.69, 9.17) is 14.6 Å². The number of carbonyl (C=O) groups excluding carboxylic acids is 3. The Hall–Kier alpha value is -4.92. The van der Waals surface area contributed by atoms with Crippen LogP contribution in [-0.2, 0) is 27.2 Å². The number of ether oxygens (including phenoxy) is 2. The zero-order valence-electron chi connectivity index (χ0n) is 26.3. The summed E-state index contributed by atoms with van der Waals surface area (Å²) in [7, 11) is 0. The molecule has 3 aromatic carbocycles. The predicted molar refractivity (Wildman–Crippen MR) is 173 cm³/mol. The van der Waals surface area contributed by atoms with Gasteiger partial charge in [0.25, 0.3) is 5.91 Å². The third kappa shape index (κ3) is 7.60. The second-order valence-electron chi connectivity index (χ2n) is 12.0. The molecule has 0 bridgehead atoms. The molecule has 4 aromatic rings. The minimum Gasteiger partial charge on any atom is -0.465 e. The molecule has 2 heterocycles. The number of hydrogen-bond donors (Lipinski definition) is 0. The topological polar surface area (TPSA) is 94.0 Å². The lowest BCUT2D eigenvalue weighted by Crippen LogP contribution is -2.58. The van der Waals surface area contributed by atoms with Crippen molar-refractivity contribution in [2.45, 2.75) is 52.3 Å². The minimum atomic E-state index is -0.636. The van der Waals surface area contributed by atoms with Gasteiger partial charge in [-0.05, 0) is 45.2 Å². The summed E-state index contributed by atoms with van der Waals surface area (Å²) in [6, 6.07) is 28.9. The molecule has 2 amide bonds. The first-order chi connectivity index (χ1) is 21.6. The van der Waals surface area contributed by atoms with E-state index >= 15 is 0 Å². The van der Waals surface area contributed by atoms with Gasteiger partial charge in [0.15, 0.2) is 5.69 Å². The van der Waals surface area contributed by atoms with Crippen molar-refractivity contribution in [3.8, 4) is 22.4 Å². The number of hydrogen-bond acceptors (Lipinski definition) is 6. The van der Waals surface area contributed by atoms with Crippen LogP contribution in [0.4, 0.5) is 4.79 Å². The highest BCUT2D eigenvalue weighted by molar-refractivity contribution is 6.03. The number of esters is 1. The third-order valence-electron chi connectivity index (χ3n) is 7.56. The number of nitrogens with zero attached hydrogens (tertiary/aromatic N) is 4. The predicted octanol–water partition coefficient (Wildman–Crippen LogP) is 6.08. The summed E-state index contributed by atoms with van der Waals surface area (Å²) in [4.78, 5) is 44.0. The van der Waals surface area contributed by atoms with Crippen molar-refractivity contribution in [3.63, 3.8) is 0 Å². The number of rotatable bonds is 8. The summed E-state index contributed by atoms with van der Waals surface area (Å²) in [6.07, 6.45) is 0.143. The maximum absolute atomic E-state index is 14.7. The van der Waals surface area contributed by atoms with Crippen LogP contribution in [0.5, 0.6) is 0 Å². The van der Waals surface area contributed by atoms with Crippen LogP contribution in [0.1, 0.15) is 43.7 Å². The smallest absolute Gasteiger partial charge is 0.410 e. The van der Waals surface area contributed by atoms with Crippen LogP contribution in [0.2, 0.25) is 0 Å². The van der Waals surface area contributed by atoms with E-state index in [1.54, 1.807) is 16.5 Å². The largest absolute Gasteiger partial charge is 0.465 e. The van der Waals surface area contributed by atoms with Crippen LogP contribution in [0, 0.1) is 0 Å². The fourth-order valence-electron chi connectivity index (χ4n) is 5.63. The van der Waals surface area contributed by atoms with Gasteiger partial charge in [0.2, 0.25) is 0 Å². The molecule has 1 aliphatic rings. The van der Waals surface area contributed by atoms with Crippen LogP contribution in [0.15, 0.2) is 91.0 Å². The van der Waals surface area contributed by atoms with E-state index in [1.807, 2.05) is 117 Å². The SMILES string of the molecule is CCOC(=O)Cn1nc(C(=O)N2CCN(C(=O)OC(C)(C)C)C[C@H]2Cc2ccccc2)c(-c2ccccc2)c1-c1ccccc1. The van der Waals surface area contributed by atoms with Crippen LogP contribution < -0.4 is 0 Å². The fraction of sp³-hybridized carbons (Fsp3) is 0.333. The Balaban J connectivity index is 1.59. The van der Waals surface area contributed by atoms with Crippen molar-refractivity contribution in [2.75, 3.05) is 26.2 Å². The molecule has 0 saturated carbocycles. The van der Waals surface area contributed by atoms with Gasteiger partial charge in [-0.3, -0.25) is 14.3 Å². The Kier molecular flexibility index (Phi) is 9.66. The van der Waals surface area contributed by atoms with E-state index in [-0.39, 0.29) is 30.8 Å². The lowest BCUT2D eigenvalue weighted by atomic mass is 9.97. The van der Waals surface area contributed by atoms with Crippen molar-refractivity contribution in [2.24, 2.45) is 0 Å². The molecular formula is C36H40N4O5. The molecule has 1 saturated heterocycles. The highest BCUT2D eigenvalue weighted by atomic mass is 16.6. The van der Waals surface area contributed by atoms with Gasteiger partial charge >= 0.3 is 12.1 Å². The molecule has 0 spiro atoms. The van der Waals surface area contributed by atoms with E-state index in [1.165, 1.54) is 0 Å². The first kappa shape index (κ1) is 31.5. The maximum Gasteiger partial charge on any atom is 0.410 e. The van der Waals surface area contributed by atoms with Gasteiger partial charge < -0.3 is 19.3 Å². The first-order valence-electron chi connectivity index (χ1n) is 15.3. The van der Waals surface area contributed by atoms with Crippen molar-refractivity contribution in [3.05, 3.63) is 102 Å². The monoisotopic (exact) mass is 608 g/mol. The van der Waals surface area contributed by atoms with Gasteiger partial charge in [0.1, 0.15) is 12.1 Å². The van der Waals surface area contributed by atoms with Crippen LogP contribution >= 0.6 is 0 Å². The van der Waals surface area contributed by atoms with E-state index in [0.717, 1.165) is 16.7 Å². The summed E-state index contributed by atoms with van der Waals surface area (Å²) in [6.45, 7) is 8.30. The van der Waals surface area contributed by atoms with Crippen LogP contribution in [-0.4, -0.2) is 75.4 Å². The number of benzene rings is 3. The Morgan fingerprint density at radius 2 is 1.44 bits per heavy atom. The molecule has 45 heavy (non-hydrogen) atoms. The molecular weight excluding hydrogens is 568 g/mol. The van der Waals surface area contributed by atoms with Crippen molar-refractivity contribution in [1.82, 2.24) is 19.6 Å². The Bertz CT molecular complexity index is 1610. The van der Waals surface area contributed by atoms with Gasteiger partial charge in [-0.2, -0.15) is 5.10 Å². The number of aromatic nitrogens is 2. The maximum atomic E-state index is 14.7. The fourth-order valence-corrected chi connectivity index (χ4v) is 5.63. The number of amides is 2. The van der Waals surface area contributed by atoms with E-state index in [9.17, 15) is 14.4 Å². The molecule has 0 unspecified atom stereocenters. The first-order valence-corrected chi connectivity index (χ1v) is 15.3. The van der Waals surface area contributed by atoms with Gasteiger partial charge in [0.05, 0.1) is 18.3 Å². The Morgan fingerprint density at radius 3 is 2.04 bits per heavy atom. The lowest BCUT2D eigenvalue weighted by Gasteiger charge is -2.41. The van der Waals surface area contributed by atoms with Gasteiger partial charge in [-0.15, -0.1) is 0 Å². The summed E-state index contributed by atoms with van der Waals surface area (Å²) >= 11 is 0. The molecule has 1 aliphatic heterocycles. The number of piperazine rings is 1. The van der Waals surface area contributed by atoms with Gasteiger partial charge in [-0.1, -0.05) is 91.0 Å². The quantitative estimate of drug-likeness (QED) is 0.225. The molecule has 1 atom stereocenters. The zero-order chi connectivity index (χ0) is 32.0. The third-order valence-corrected chi connectivity index (χ3v) is 7.56. The molecule has 1 aromatic heterocycles. The van der Waals surface area contributed by atoms with Crippen LogP contribution in [0.25, 0.3) is 22.4 Å². The van der Waals surface area contributed by atoms with Crippen LogP contribution in [0.3, 0.4) is 0 Å². The van der Waals surface area contributed by atoms with Crippen molar-refractivity contribution in [1.29, 1.82) is 0 Å². The highest BCUT2D eigenvalue weighted by Gasteiger charge is 2.37. The molecule has 0 aliphatic carbocycles. The van der Waals surface area contributed by atoms with Crippen molar-refractivity contribution < 1.29 is 23.9 Å². The zero-order valence-corrected chi connectivity index (χ0v) is 26.3. The Labute approximate surface area is 264 Å². The van der Waals surface area contributed by atoms with E-state index in [0.29, 0.717) is 37.3 Å². The molecule has 5 rings (SSSR count). The summed E-state index contributed by atoms with van der Waals surface area (Å²) in [5.41, 5.74) is 3.59. The molecule has 9 heteroatoms. The minimum absolute atomic E-state index is 0.148. The standard InChI is InChI=1S/C36H40N4O5/c1-5-44-30(41)25-40-33(28-19-13-8-14-20-28)31(27-17-11-7-12-18-27)32(37-40)34(42)39-22-21-38(35(43)45-36(2,3)4)24-29(39)23-26-15-9-6-10-16-26/h6-20,29H,5,21-25H2,1-4H3/t29-/m1/s1. The second kappa shape index (κ2) is 13.8. The Morgan fingerprint density at radius 1 is 0.844 bits per heavy atom. The number of carbonyl (C=O) groups is 3. The van der Waals surface area contributed by atoms with Gasteiger partial charge in [-0.25, -0.2) is 4.79 Å². The summed E-state index contributed by atoms with van der Waals surface area (Å²) in [5.74, 6) is -0.706. The normalized spacial score (nSPS) is 15.1. The molecule has 0 N–H and O–H groups in total. The molecule has 1 fully saturated rings. The van der Waals surface area contributed by atoms with Gasteiger partial charge in [0, 0.05) is 30.8 Å². The average Bonchev–Trinajstić information content (AvgIpc) is 3.40. The summed E-state index contributed by atoms with van der Waals surface area (Å²) in [5, 5.41) is 4.82. The second-order valence-corrected chi connectivity index (χ2v) is 12.0. The molecule has 234 valence electrons. The van der Waals surface area contributed by atoms with Crippen molar-refractivity contribution >= 4 is 18.0 Å². The highest BCUT2D eigenvalue weighted by Crippen LogP contribution is 2.36. The lowest BCUT2D eigenvalue weighted by molar-refractivity contribution is -0.144. The van der Waals surface area contributed by atoms with E-state index < -0.39 is 17.7 Å². The molecule has 0 radical (unpaired) electrons. The average molecular weight is 609 g/mol. The summed E-state index contributed by atoms with van der Waals surface area (Å²) < 4.78 is 12.5. The van der Waals surface area contributed by atoms with E-state index in [2.05, 4.69) is 0 Å². The molecule has 9 nitrogen and oxygen atoms in total.